The van der Waals surface area contributed by atoms with Crippen molar-refractivity contribution in [2.75, 3.05) is 46.9 Å². The van der Waals surface area contributed by atoms with E-state index in [0.717, 1.165) is 48.6 Å². The molecule has 8 nitrogen and oxygen atoms in total. The second kappa shape index (κ2) is 9.25. The molecule has 1 N–H and O–H groups in total. The number of piperazine rings is 1. The zero-order chi connectivity index (χ0) is 28.9. The van der Waals surface area contributed by atoms with E-state index in [1.807, 2.05) is 15.9 Å². The van der Waals surface area contributed by atoms with Crippen molar-refractivity contribution in [1.29, 1.82) is 0 Å². The second-order valence-electron chi connectivity index (χ2n) is 12.6. The molecule has 2 amide bonds. The van der Waals surface area contributed by atoms with Crippen LogP contribution in [-0.2, 0) is 18.3 Å². The van der Waals surface area contributed by atoms with Gasteiger partial charge in [0.1, 0.15) is 11.8 Å². The van der Waals surface area contributed by atoms with Gasteiger partial charge in [-0.1, -0.05) is 17.7 Å². The molecular formula is C33H35ClN4O4. The number of H-pyrrole nitrogens is 1. The lowest BCUT2D eigenvalue weighted by Gasteiger charge is -2.57. The molecule has 1 unspecified atom stereocenters. The number of ether oxygens (including phenoxy) is 2. The number of fused-ring (bicyclic) bond motifs is 2. The van der Waals surface area contributed by atoms with Crippen molar-refractivity contribution < 1.29 is 19.1 Å². The maximum Gasteiger partial charge on any atom is 0.270 e. The quantitative estimate of drug-likeness (QED) is 0.493. The summed E-state index contributed by atoms with van der Waals surface area (Å²) in [6, 6.07) is 11.7. The zero-order valence-corrected chi connectivity index (χ0v) is 25.0. The number of carbonyl (C=O) groups excluding carboxylic acids is 2. The van der Waals surface area contributed by atoms with Crippen LogP contribution in [0.1, 0.15) is 61.3 Å². The lowest BCUT2D eigenvalue weighted by atomic mass is 9.51. The van der Waals surface area contributed by atoms with Crippen molar-refractivity contribution in [3.8, 4) is 11.5 Å². The number of carbonyl (C=O) groups is 2. The van der Waals surface area contributed by atoms with Crippen molar-refractivity contribution in [1.82, 2.24) is 19.7 Å². The van der Waals surface area contributed by atoms with Crippen LogP contribution >= 0.6 is 11.6 Å². The van der Waals surface area contributed by atoms with Gasteiger partial charge in [0, 0.05) is 53.8 Å². The van der Waals surface area contributed by atoms with Gasteiger partial charge in [0.25, 0.3) is 11.8 Å². The van der Waals surface area contributed by atoms with Gasteiger partial charge in [0.15, 0.2) is 11.5 Å². The van der Waals surface area contributed by atoms with E-state index in [2.05, 4.69) is 29.9 Å². The Morgan fingerprint density at radius 1 is 1.00 bits per heavy atom. The van der Waals surface area contributed by atoms with Crippen molar-refractivity contribution in [3.05, 3.63) is 80.6 Å². The Morgan fingerprint density at radius 3 is 2.43 bits per heavy atom. The van der Waals surface area contributed by atoms with Gasteiger partial charge in [-0.2, -0.15) is 0 Å². The summed E-state index contributed by atoms with van der Waals surface area (Å²) in [7, 11) is 3.96. The number of rotatable bonds is 3. The number of amides is 2. The van der Waals surface area contributed by atoms with Crippen molar-refractivity contribution in [3.63, 3.8) is 0 Å². The largest absolute Gasteiger partial charge is 0.493 e. The molecule has 2 aliphatic carbocycles. The van der Waals surface area contributed by atoms with Gasteiger partial charge in [-0.05, 0) is 92.7 Å². The third kappa shape index (κ3) is 3.45. The van der Waals surface area contributed by atoms with E-state index in [0.29, 0.717) is 54.4 Å². The highest BCUT2D eigenvalue weighted by Gasteiger charge is 2.65. The van der Waals surface area contributed by atoms with Crippen LogP contribution in [0.25, 0.3) is 0 Å². The van der Waals surface area contributed by atoms with Gasteiger partial charge in [0.05, 0.1) is 12.8 Å². The number of likely N-dealkylation sites (N-methyl/N-ethyl adjacent to an activating group) is 1. The Morgan fingerprint density at radius 2 is 1.71 bits per heavy atom. The average Bonchev–Trinajstić information content (AvgIpc) is 3.53. The van der Waals surface area contributed by atoms with Crippen LogP contribution < -0.4 is 9.47 Å². The number of piperidine rings is 1. The van der Waals surface area contributed by atoms with Crippen molar-refractivity contribution in [2.24, 2.45) is 5.92 Å². The van der Waals surface area contributed by atoms with Crippen molar-refractivity contribution >= 4 is 23.4 Å². The van der Waals surface area contributed by atoms with E-state index in [1.54, 1.807) is 31.4 Å². The molecule has 0 radical (unpaired) electrons. The number of hydrogen-bond donors (Lipinski definition) is 1. The number of halogens is 1. The van der Waals surface area contributed by atoms with Gasteiger partial charge < -0.3 is 29.2 Å². The number of hydrogen-bond acceptors (Lipinski definition) is 5. The molecule has 218 valence electrons. The lowest BCUT2D eigenvalue weighted by Crippen LogP contribution is -2.62. The summed E-state index contributed by atoms with van der Waals surface area (Å²) in [5.41, 5.74) is 7.18. The molecule has 0 saturated carbocycles. The van der Waals surface area contributed by atoms with Crippen LogP contribution in [-0.4, -0.2) is 84.4 Å². The van der Waals surface area contributed by atoms with E-state index in [9.17, 15) is 9.59 Å². The predicted molar refractivity (Wildman–Crippen MR) is 159 cm³/mol. The first-order chi connectivity index (χ1) is 20.3. The Hall–Kier alpha value is -3.49. The van der Waals surface area contributed by atoms with Gasteiger partial charge in [-0.15, -0.1) is 0 Å². The molecule has 2 bridgehead atoms. The minimum Gasteiger partial charge on any atom is -0.493 e. The number of methoxy groups -OCH3 is 1. The SMILES string of the molecule is COc1ccc2c3c1O[C@H]1c4[nH]c(C(=O)N5CCN(C(=O)c6ccc(Cl)cc6)CC5)c(C)c4CC4[C@@H](C2)N(C)CC[C@@]341. The average molecular weight is 587 g/mol. The molecular weight excluding hydrogens is 552 g/mol. The number of benzene rings is 2. The summed E-state index contributed by atoms with van der Waals surface area (Å²) in [4.78, 5) is 36.8. The Balaban J connectivity index is 1.10. The third-order valence-corrected chi connectivity index (χ3v) is 11.1. The lowest BCUT2D eigenvalue weighted by molar-refractivity contribution is -0.0256. The van der Waals surface area contributed by atoms with Crippen LogP contribution in [0.2, 0.25) is 5.02 Å². The van der Waals surface area contributed by atoms with Crippen molar-refractivity contribution in [2.45, 2.75) is 43.7 Å². The van der Waals surface area contributed by atoms with E-state index in [1.165, 1.54) is 16.7 Å². The number of aromatic amines is 1. The van der Waals surface area contributed by atoms with E-state index in [-0.39, 0.29) is 23.3 Å². The zero-order valence-electron chi connectivity index (χ0n) is 24.2. The summed E-state index contributed by atoms with van der Waals surface area (Å²) >= 11 is 6.00. The van der Waals surface area contributed by atoms with E-state index >= 15 is 0 Å². The normalized spacial score (nSPS) is 27.3. The van der Waals surface area contributed by atoms with Crippen LogP contribution in [0, 0.1) is 12.8 Å². The monoisotopic (exact) mass is 586 g/mol. The standard InChI is InChI=1S/C33H35ClN4O4/c1-18-22-17-23-24-16-20-6-9-25(41-3)29-26(20)33(23,10-11-36(24)2)30(42-29)28(22)35-27(18)32(40)38-14-12-37(13-15-38)31(39)19-4-7-21(34)8-5-19/h4-9,23-24,30,35H,10-17H2,1-3H3/t23?,24-,30+,33+/m1/s1. The molecule has 8 rings (SSSR count). The summed E-state index contributed by atoms with van der Waals surface area (Å²) in [6.45, 7) is 5.08. The Labute approximate surface area is 250 Å². The van der Waals surface area contributed by atoms with Gasteiger partial charge in [-0.3, -0.25) is 9.59 Å². The summed E-state index contributed by atoms with van der Waals surface area (Å²) in [5, 5.41) is 0.603. The number of nitrogens with zero attached hydrogens (tertiary/aromatic N) is 3. The van der Waals surface area contributed by atoms with Gasteiger partial charge in [0.2, 0.25) is 0 Å². The summed E-state index contributed by atoms with van der Waals surface area (Å²) in [5.74, 6) is 2.06. The first-order valence-electron chi connectivity index (χ1n) is 14.9. The fourth-order valence-electron chi connectivity index (χ4n) is 8.70. The molecule has 2 fully saturated rings. The second-order valence-corrected chi connectivity index (χ2v) is 13.0. The highest BCUT2D eigenvalue weighted by atomic mass is 35.5. The predicted octanol–water partition coefficient (Wildman–Crippen LogP) is 4.39. The summed E-state index contributed by atoms with van der Waals surface area (Å²) in [6.07, 6.45) is 2.79. The molecule has 4 heterocycles. The molecule has 4 atom stereocenters. The maximum absolute atomic E-state index is 14.0. The molecule has 2 saturated heterocycles. The van der Waals surface area contributed by atoms with E-state index in [4.69, 9.17) is 21.1 Å². The molecule has 3 aromatic rings. The molecule has 5 aliphatic rings. The number of likely N-dealkylation sites (tertiary alicyclic amines) is 1. The molecule has 42 heavy (non-hydrogen) atoms. The van der Waals surface area contributed by atoms with Gasteiger partial charge in [-0.25, -0.2) is 0 Å². The highest BCUT2D eigenvalue weighted by molar-refractivity contribution is 6.30. The Bertz CT molecular complexity index is 1630. The van der Waals surface area contributed by atoms with Crippen LogP contribution in [0.3, 0.4) is 0 Å². The maximum atomic E-state index is 14.0. The van der Waals surface area contributed by atoms with Crippen LogP contribution in [0.15, 0.2) is 36.4 Å². The molecule has 3 aliphatic heterocycles. The first kappa shape index (κ1) is 26.2. The molecule has 2 aromatic carbocycles. The van der Waals surface area contributed by atoms with Gasteiger partial charge >= 0.3 is 0 Å². The summed E-state index contributed by atoms with van der Waals surface area (Å²) < 4.78 is 12.7. The fourth-order valence-corrected chi connectivity index (χ4v) is 8.82. The number of nitrogens with one attached hydrogen (secondary N) is 1. The number of aromatic nitrogens is 1. The molecule has 9 heteroatoms. The minimum absolute atomic E-state index is 0.00478. The van der Waals surface area contributed by atoms with Crippen LogP contribution in [0.5, 0.6) is 11.5 Å². The molecule has 1 spiro atoms. The topological polar surface area (TPSA) is 78.1 Å². The smallest absolute Gasteiger partial charge is 0.270 e. The fraction of sp³-hybridized carbons (Fsp3) is 0.455. The highest BCUT2D eigenvalue weighted by Crippen LogP contribution is 2.67. The minimum atomic E-state index is -0.165. The first-order valence-corrected chi connectivity index (χ1v) is 15.3. The molecule has 1 aromatic heterocycles. The Kier molecular flexibility index (Phi) is 5.76. The van der Waals surface area contributed by atoms with E-state index < -0.39 is 0 Å². The van der Waals surface area contributed by atoms with Crippen LogP contribution in [0.4, 0.5) is 0 Å². The third-order valence-electron chi connectivity index (χ3n) is 10.9.